The third-order valence-electron chi connectivity index (χ3n) is 6.72. The first-order valence-electron chi connectivity index (χ1n) is 11.2. The van der Waals surface area contributed by atoms with E-state index in [1.165, 1.54) is 6.07 Å². The number of carboxylic acids is 1. The highest BCUT2D eigenvalue weighted by Gasteiger charge is 2.34. The normalized spacial score (nSPS) is 22.0. The molecule has 1 aromatic heterocycles. The number of carbonyl (C=O) groups is 1. The van der Waals surface area contributed by atoms with Gasteiger partial charge in [0.1, 0.15) is 17.3 Å². The molecule has 0 amide bonds. The van der Waals surface area contributed by atoms with Gasteiger partial charge in [0.25, 0.3) is 0 Å². The number of hydrogen-bond acceptors (Lipinski definition) is 4. The summed E-state index contributed by atoms with van der Waals surface area (Å²) in [4.78, 5) is 15.5. The van der Waals surface area contributed by atoms with Crippen molar-refractivity contribution in [1.82, 2.24) is 4.98 Å². The van der Waals surface area contributed by atoms with E-state index in [-0.39, 0.29) is 24.1 Å². The maximum absolute atomic E-state index is 14.3. The number of pyridine rings is 1. The average molecular weight is 428 g/mol. The van der Waals surface area contributed by atoms with Crippen molar-refractivity contribution >= 4 is 5.97 Å². The zero-order valence-electron chi connectivity index (χ0n) is 17.9. The number of aromatic nitrogens is 1. The summed E-state index contributed by atoms with van der Waals surface area (Å²) in [7, 11) is 1.60. The number of nitrogens with zero attached hydrogens (tertiary/aromatic N) is 1. The Morgan fingerprint density at radius 3 is 2.58 bits per heavy atom. The lowest BCUT2D eigenvalue weighted by Gasteiger charge is -2.29. The number of methoxy groups -OCH3 is 1. The van der Waals surface area contributed by atoms with Gasteiger partial charge in [-0.25, -0.2) is 4.39 Å². The first-order valence-corrected chi connectivity index (χ1v) is 11.2. The summed E-state index contributed by atoms with van der Waals surface area (Å²) in [5.41, 5.74) is 1.71. The molecule has 0 radical (unpaired) electrons. The van der Waals surface area contributed by atoms with E-state index in [0.29, 0.717) is 29.9 Å². The quantitative estimate of drug-likeness (QED) is 0.568. The molecule has 1 N–H and O–H groups in total. The first-order chi connectivity index (χ1) is 15.0. The minimum atomic E-state index is -0.771. The van der Waals surface area contributed by atoms with Gasteiger partial charge in [0, 0.05) is 6.20 Å². The average Bonchev–Trinajstić information content (AvgIpc) is 3.62. The van der Waals surface area contributed by atoms with E-state index in [2.05, 4.69) is 4.98 Å². The highest BCUT2D eigenvalue weighted by molar-refractivity contribution is 5.68. The van der Waals surface area contributed by atoms with Crippen LogP contribution in [-0.2, 0) is 4.79 Å². The molecule has 2 aliphatic rings. The molecule has 0 bridgehead atoms. The molecule has 2 aliphatic carbocycles. The third kappa shape index (κ3) is 5.54. The Labute approximate surface area is 182 Å². The Morgan fingerprint density at radius 2 is 1.90 bits per heavy atom. The zero-order valence-corrected chi connectivity index (χ0v) is 17.9. The summed E-state index contributed by atoms with van der Waals surface area (Å²) in [6.45, 7) is 0.603. The first kappa shape index (κ1) is 21.6. The van der Waals surface area contributed by atoms with Gasteiger partial charge in [0.15, 0.2) is 0 Å². The van der Waals surface area contributed by atoms with Gasteiger partial charge in [-0.3, -0.25) is 9.78 Å². The molecular formula is C25H30FNO4. The summed E-state index contributed by atoms with van der Waals surface area (Å²) in [5.74, 6) is 1.57. The van der Waals surface area contributed by atoms with Gasteiger partial charge in [0.2, 0.25) is 0 Å². The largest absolute Gasteiger partial charge is 0.497 e. The third-order valence-corrected chi connectivity index (χ3v) is 6.72. The number of carboxylic acid groups (broad SMARTS) is 1. The van der Waals surface area contributed by atoms with Crippen LogP contribution in [0, 0.1) is 17.7 Å². The highest BCUT2D eigenvalue weighted by Crippen LogP contribution is 2.45. The molecule has 166 valence electrons. The molecule has 5 nitrogen and oxygen atoms in total. The number of rotatable bonds is 9. The van der Waals surface area contributed by atoms with Gasteiger partial charge in [-0.2, -0.15) is 0 Å². The Balaban J connectivity index is 1.31. The molecule has 1 atom stereocenters. The van der Waals surface area contributed by atoms with Crippen molar-refractivity contribution in [2.75, 3.05) is 13.7 Å². The van der Waals surface area contributed by atoms with Gasteiger partial charge in [-0.1, -0.05) is 0 Å². The van der Waals surface area contributed by atoms with Gasteiger partial charge >= 0.3 is 5.97 Å². The van der Waals surface area contributed by atoms with Crippen molar-refractivity contribution < 1.29 is 23.8 Å². The Hall–Kier alpha value is -2.63. The second kappa shape index (κ2) is 9.67. The SMILES string of the molecule is COc1ccc(F)c(C2CCC(COc3cncc([C@@H](CC(=O)O)C4CC4)c3)CC2)c1. The number of aliphatic carboxylic acids is 1. The monoisotopic (exact) mass is 427 g/mol. The van der Waals surface area contributed by atoms with Gasteiger partial charge in [-0.05, 0) is 97.6 Å². The molecule has 0 saturated heterocycles. The topological polar surface area (TPSA) is 68.7 Å². The molecule has 31 heavy (non-hydrogen) atoms. The number of halogens is 1. The number of hydrogen-bond donors (Lipinski definition) is 1. The summed E-state index contributed by atoms with van der Waals surface area (Å²) in [6, 6.07) is 6.92. The Bertz CT molecular complexity index is 906. The molecule has 0 aliphatic heterocycles. The number of ether oxygens (including phenoxy) is 2. The lowest BCUT2D eigenvalue weighted by molar-refractivity contribution is -0.137. The molecule has 1 heterocycles. The van der Waals surface area contributed by atoms with Crippen molar-refractivity contribution in [3.8, 4) is 11.5 Å². The molecular weight excluding hydrogens is 397 g/mol. The van der Waals surface area contributed by atoms with Crippen molar-refractivity contribution in [2.45, 2.75) is 56.8 Å². The Kier molecular flexibility index (Phi) is 6.73. The van der Waals surface area contributed by atoms with Crippen LogP contribution in [0.2, 0.25) is 0 Å². The smallest absolute Gasteiger partial charge is 0.303 e. The van der Waals surface area contributed by atoms with Crippen LogP contribution in [0.1, 0.15) is 67.9 Å². The van der Waals surface area contributed by atoms with Crippen LogP contribution in [0.4, 0.5) is 4.39 Å². The summed E-state index contributed by atoms with van der Waals surface area (Å²) >= 11 is 0. The Morgan fingerprint density at radius 1 is 1.13 bits per heavy atom. The van der Waals surface area contributed by atoms with Crippen molar-refractivity contribution in [1.29, 1.82) is 0 Å². The fourth-order valence-corrected chi connectivity index (χ4v) is 4.78. The van der Waals surface area contributed by atoms with Crippen molar-refractivity contribution in [3.05, 3.63) is 53.6 Å². The maximum Gasteiger partial charge on any atom is 0.303 e. The molecule has 2 aromatic rings. The van der Waals surface area contributed by atoms with Crippen molar-refractivity contribution in [2.24, 2.45) is 11.8 Å². The zero-order chi connectivity index (χ0) is 21.8. The number of benzene rings is 1. The van der Waals surface area contributed by atoms with E-state index in [4.69, 9.17) is 9.47 Å². The van der Waals surface area contributed by atoms with Crippen LogP contribution in [-0.4, -0.2) is 29.8 Å². The van der Waals surface area contributed by atoms with E-state index < -0.39 is 5.97 Å². The van der Waals surface area contributed by atoms with Gasteiger partial charge in [-0.15, -0.1) is 0 Å². The molecule has 1 aromatic carbocycles. The van der Waals surface area contributed by atoms with E-state index >= 15 is 0 Å². The van der Waals surface area contributed by atoms with Crippen LogP contribution >= 0.6 is 0 Å². The van der Waals surface area contributed by atoms with Crippen LogP contribution in [0.25, 0.3) is 0 Å². The maximum atomic E-state index is 14.3. The minimum Gasteiger partial charge on any atom is -0.497 e. The van der Waals surface area contributed by atoms with Crippen LogP contribution in [0.3, 0.4) is 0 Å². The second-order valence-corrected chi connectivity index (χ2v) is 8.91. The molecule has 0 unspecified atom stereocenters. The van der Waals surface area contributed by atoms with Crippen molar-refractivity contribution in [3.63, 3.8) is 0 Å². The van der Waals surface area contributed by atoms with Crippen LogP contribution in [0.15, 0.2) is 36.7 Å². The van der Waals surface area contributed by atoms with E-state index in [1.807, 2.05) is 12.1 Å². The molecule has 0 spiro atoms. The summed E-state index contributed by atoms with van der Waals surface area (Å²) in [5, 5.41) is 9.23. The van der Waals surface area contributed by atoms with Crippen LogP contribution < -0.4 is 9.47 Å². The van der Waals surface area contributed by atoms with Crippen LogP contribution in [0.5, 0.6) is 11.5 Å². The molecule has 2 fully saturated rings. The predicted molar refractivity (Wildman–Crippen MR) is 115 cm³/mol. The molecule has 2 saturated carbocycles. The van der Waals surface area contributed by atoms with Gasteiger partial charge in [0.05, 0.1) is 26.3 Å². The minimum absolute atomic E-state index is 0.0155. The molecule has 6 heteroatoms. The lowest BCUT2D eigenvalue weighted by Crippen LogP contribution is -2.20. The lowest BCUT2D eigenvalue weighted by atomic mass is 9.79. The summed E-state index contributed by atoms with van der Waals surface area (Å²) < 4.78 is 25.6. The fraction of sp³-hybridized carbons (Fsp3) is 0.520. The standard InChI is InChI=1S/C25H30FNO4/c1-30-20-8-9-24(26)23(11-20)18-4-2-16(3-5-18)15-31-21-10-19(13-27-14-21)22(12-25(28)29)17-6-7-17/h8-11,13-14,16-18,22H,2-7,12,15H2,1H3,(H,28,29)/t16?,18?,22-/m0/s1. The van der Waals surface area contributed by atoms with E-state index in [9.17, 15) is 14.3 Å². The second-order valence-electron chi connectivity index (χ2n) is 8.91. The predicted octanol–water partition coefficient (Wildman–Crippen LogP) is 5.55. The summed E-state index contributed by atoms with van der Waals surface area (Å²) in [6.07, 6.45) is 9.60. The molecule has 4 rings (SSSR count). The highest BCUT2D eigenvalue weighted by atomic mass is 19.1. The van der Waals surface area contributed by atoms with E-state index in [0.717, 1.165) is 49.7 Å². The van der Waals surface area contributed by atoms with E-state index in [1.54, 1.807) is 25.6 Å². The van der Waals surface area contributed by atoms with Gasteiger partial charge < -0.3 is 14.6 Å². The fourth-order valence-electron chi connectivity index (χ4n) is 4.78.